The molecule has 2 aromatic carbocycles. The van der Waals surface area contributed by atoms with Crippen molar-refractivity contribution >= 4 is 33.2 Å². The third kappa shape index (κ3) is 6.65. The van der Waals surface area contributed by atoms with Crippen LogP contribution in [0, 0.1) is 0 Å². The number of hydrogen-bond donors (Lipinski definition) is 1. The Bertz CT molecular complexity index is 934. The smallest absolute Gasteiger partial charge is 0.243 e. The molecule has 0 aromatic heterocycles. The number of benzene rings is 2. The number of amides is 1. The van der Waals surface area contributed by atoms with Gasteiger partial charge in [-0.3, -0.25) is 9.10 Å². The van der Waals surface area contributed by atoms with Crippen molar-refractivity contribution in [1.29, 1.82) is 0 Å². The Morgan fingerprint density at radius 2 is 1.93 bits per heavy atom. The molecule has 1 N–H and O–H groups in total. The van der Waals surface area contributed by atoms with E-state index in [0.29, 0.717) is 23.7 Å². The number of aryl methyl sites for hydroxylation is 1. The van der Waals surface area contributed by atoms with E-state index in [1.807, 2.05) is 24.3 Å². The summed E-state index contributed by atoms with van der Waals surface area (Å²) < 4.78 is 31.2. The highest BCUT2D eigenvalue weighted by molar-refractivity contribution is 7.92. The van der Waals surface area contributed by atoms with Gasteiger partial charge in [0.1, 0.15) is 11.8 Å². The number of carbonyl (C=O) groups is 1. The molecule has 158 valence electrons. The zero-order valence-corrected chi connectivity index (χ0v) is 18.5. The highest BCUT2D eigenvalue weighted by Gasteiger charge is 2.31. The molecule has 0 saturated heterocycles. The van der Waals surface area contributed by atoms with E-state index in [1.165, 1.54) is 0 Å². The maximum atomic E-state index is 12.8. The fraction of sp³-hybridized carbons (Fsp3) is 0.381. The Kier molecular flexibility index (Phi) is 8.34. The minimum atomic E-state index is -3.67. The average Bonchev–Trinajstić information content (AvgIpc) is 2.68. The topological polar surface area (TPSA) is 75.7 Å². The van der Waals surface area contributed by atoms with Crippen molar-refractivity contribution in [2.45, 2.75) is 32.2 Å². The van der Waals surface area contributed by atoms with Crippen LogP contribution in [0.5, 0.6) is 5.75 Å². The molecule has 0 aliphatic carbocycles. The van der Waals surface area contributed by atoms with Crippen LogP contribution >= 0.6 is 11.6 Å². The molecule has 0 unspecified atom stereocenters. The van der Waals surface area contributed by atoms with Crippen molar-refractivity contribution in [2.75, 3.05) is 24.2 Å². The van der Waals surface area contributed by atoms with Gasteiger partial charge in [-0.25, -0.2) is 8.42 Å². The highest BCUT2D eigenvalue weighted by atomic mass is 35.5. The summed E-state index contributed by atoms with van der Waals surface area (Å²) in [6.07, 6.45) is 2.93. The zero-order valence-electron chi connectivity index (χ0n) is 16.9. The van der Waals surface area contributed by atoms with Crippen molar-refractivity contribution in [3.8, 4) is 5.75 Å². The van der Waals surface area contributed by atoms with Crippen molar-refractivity contribution < 1.29 is 17.9 Å². The molecular formula is C21H27ClN2O4S. The van der Waals surface area contributed by atoms with E-state index in [4.69, 9.17) is 16.3 Å². The molecule has 2 rings (SSSR count). The standard InChI is InChI=1S/C21H27ClN2O4S/c1-4-20(24(29(3,26)27)18-11-6-10-17(22)15-18)21(25)23-13-7-9-16-8-5-12-19(14-16)28-2/h5-6,8,10-12,14-15,20H,4,7,9,13H2,1-3H3,(H,23,25)/t20-/m1/s1. The number of anilines is 1. The van der Waals surface area contributed by atoms with Crippen LogP contribution in [0.25, 0.3) is 0 Å². The number of sulfonamides is 1. The maximum absolute atomic E-state index is 12.8. The van der Waals surface area contributed by atoms with Gasteiger partial charge in [0.25, 0.3) is 0 Å². The lowest BCUT2D eigenvalue weighted by atomic mass is 10.1. The molecule has 0 aliphatic heterocycles. The molecule has 29 heavy (non-hydrogen) atoms. The second-order valence-electron chi connectivity index (χ2n) is 6.71. The summed E-state index contributed by atoms with van der Waals surface area (Å²) in [4.78, 5) is 12.8. The molecule has 0 radical (unpaired) electrons. The van der Waals surface area contributed by atoms with Crippen LogP contribution in [-0.4, -0.2) is 40.3 Å². The van der Waals surface area contributed by atoms with Crippen LogP contribution in [0.1, 0.15) is 25.3 Å². The summed E-state index contributed by atoms with van der Waals surface area (Å²) in [5.41, 5.74) is 1.49. The Balaban J connectivity index is 2.03. The number of hydrogen-bond acceptors (Lipinski definition) is 4. The number of halogens is 1. The third-order valence-electron chi connectivity index (χ3n) is 4.47. The van der Waals surface area contributed by atoms with E-state index in [1.54, 1.807) is 38.3 Å². The van der Waals surface area contributed by atoms with Crippen LogP contribution in [-0.2, 0) is 21.2 Å². The lowest BCUT2D eigenvalue weighted by Gasteiger charge is -2.30. The van der Waals surface area contributed by atoms with E-state index < -0.39 is 16.1 Å². The lowest BCUT2D eigenvalue weighted by Crippen LogP contribution is -2.49. The van der Waals surface area contributed by atoms with Gasteiger partial charge < -0.3 is 10.1 Å². The first-order valence-electron chi connectivity index (χ1n) is 9.42. The Hall–Kier alpha value is -2.25. The van der Waals surface area contributed by atoms with Crippen LogP contribution in [0.15, 0.2) is 48.5 Å². The molecule has 0 spiro atoms. The molecular weight excluding hydrogens is 412 g/mol. The van der Waals surface area contributed by atoms with Crippen molar-refractivity contribution in [3.63, 3.8) is 0 Å². The molecule has 0 fully saturated rings. The van der Waals surface area contributed by atoms with E-state index in [2.05, 4.69) is 5.32 Å². The predicted molar refractivity (Wildman–Crippen MR) is 117 cm³/mol. The highest BCUT2D eigenvalue weighted by Crippen LogP contribution is 2.25. The van der Waals surface area contributed by atoms with Gasteiger partial charge >= 0.3 is 0 Å². The van der Waals surface area contributed by atoms with Gasteiger partial charge in [-0.2, -0.15) is 0 Å². The quantitative estimate of drug-likeness (QED) is 0.574. The first-order valence-corrected chi connectivity index (χ1v) is 11.6. The molecule has 2 aromatic rings. The van der Waals surface area contributed by atoms with Crippen LogP contribution in [0.2, 0.25) is 5.02 Å². The van der Waals surface area contributed by atoms with Crippen LogP contribution in [0.4, 0.5) is 5.69 Å². The van der Waals surface area contributed by atoms with E-state index >= 15 is 0 Å². The van der Waals surface area contributed by atoms with E-state index in [9.17, 15) is 13.2 Å². The third-order valence-corrected chi connectivity index (χ3v) is 5.88. The molecule has 0 saturated carbocycles. The van der Waals surface area contributed by atoms with Crippen LogP contribution in [0.3, 0.4) is 0 Å². The van der Waals surface area contributed by atoms with Gasteiger partial charge in [-0.15, -0.1) is 0 Å². The first-order chi connectivity index (χ1) is 13.8. The molecule has 1 amide bonds. The number of nitrogens with zero attached hydrogens (tertiary/aromatic N) is 1. The number of nitrogens with one attached hydrogen (secondary N) is 1. The summed E-state index contributed by atoms with van der Waals surface area (Å²) in [7, 11) is -2.05. The summed E-state index contributed by atoms with van der Waals surface area (Å²) in [6, 6.07) is 13.4. The maximum Gasteiger partial charge on any atom is 0.243 e. The van der Waals surface area contributed by atoms with Gasteiger partial charge in [0.05, 0.1) is 19.1 Å². The largest absolute Gasteiger partial charge is 0.497 e. The predicted octanol–water partition coefficient (Wildman–Crippen LogP) is 3.64. The second-order valence-corrected chi connectivity index (χ2v) is 9.00. The van der Waals surface area contributed by atoms with Crippen molar-refractivity contribution in [3.05, 3.63) is 59.1 Å². The number of carbonyl (C=O) groups excluding carboxylic acids is 1. The van der Waals surface area contributed by atoms with Gasteiger partial charge in [-0.05, 0) is 55.2 Å². The monoisotopic (exact) mass is 438 g/mol. The SMILES string of the molecule is CC[C@H](C(=O)NCCCc1cccc(OC)c1)N(c1cccc(Cl)c1)S(C)(=O)=O. The Labute approximate surface area is 177 Å². The van der Waals surface area contributed by atoms with E-state index in [-0.39, 0.29) is 5.91 Å². The number of ether oxygens (including phenoxy) is 1. The minimum absolute atomic E-state index is 0.330. The minimum Gasteiger partial charge on any atom is -0.497 e. The van der Waals surface area contributed by atoms with Gasteiger partial charge in [0, 0.05) is 11.6 Å². The molecule has 0 bridgehead atoms. The molecule has 0 heterocycles. The summed E-state index contributed by atoms with van der Waals surface area (Å²) in [5, 5.41) is 3.27. The van der Waals surface area contributed by atoms with Crippen molar-refractivity contribution in [1.82, 2.24) is 5.32 Å². The fourth-order valence-electron chi connectivity index (χ4n) is 3.12. The summed E-state index contributed by atoms with van der Waals surface area (Å²) >= 11 is 6.02. The number of methoxy groups -OCH3 is 1. The summed E-state index contributed by atoms with van der Waals surface area (Å²) in [5.74, 6) is 0.464. The molecule has 6 nitrogen and oxygen atoms in total. The first kappa shape index (κ1) is 23.0. The molecule has 0 aliphatic rings. The fourth-order valence-corrected chi connectivity index (χ4v) is 4.51. The lowest BCUT2D eigenvalue weighted by molar-refractivity contribution is -0.122. The summed E-state index contributed by atoms with van der Waals surface area (Å²) in [6.45, 7) is 2.23. The second kappa shape index (κ2) is 10.5. The normalized spacial score (nSPS) is 12.3. The van der Waals surface area contributed by atoms with Gasteiger partial charge in [-0.1, -0.05) is 36.7 Å². The molecule has 8 heteroatoms. The van der Waals surface area contributed by atoms with Gasteiger partial charge in [0.2, 0.25) is 15.9 Å². The van der Waals surface area contributed by atoms with Crippen LogP contribution < -0.4 is 14.4 Å². The average molecular weight is 439 g/mol. The van der Waals surface area contributed by atoms with Gasteiger partial charge in [0.15, 0.2) is 0 Å². The van der Waals surface area contributed by atoms with Crippen molar-refractivity contribution in [2.24, 2.45) is 0 Å². The molecule has 1 atom stereocenters. The Morgan fingerprint density at radius 3 is 2.55 bits per heavy atom. The Morgan fingerprint density at radius 1 is 1.21 bits per heavy atom. The zero-order chi connectivity index (χ0) is 21.4. The number of rotatable bonds is 10. The van der Waals surface area contributed by atoms with E-state index in [0.717, 1.165) is 34.7 Å².